The van der Waals surface area contributed by atoms with Crippen LogP contribution in [-0.4, -0.2) is 14.6 Å². The third kappa shape index (κ3) is 2.51. The summed E-state index contributed by atoms with van der Waals surface area (Å²) >= 11 is 3.39. The second-order valence-corrected chi connectivity index (χ2v) is 6.81. The van der Waals surface area contributed by atoms with E-state index < -0.39 is 11.9 Å². The lowest BCUT2D eigenvalue weighted by molar-refractivity contribution is -0.143. The molecule has 0 fully saturated rings. The molecule has 7 heteroatoms. The average molecular weight is 396 g/mol. The molecule has 0 amide bonds. The fraction of sp³-hybridized carbons (Fsp3) is 0.294. The quantitative estimate of drug-likeness (QED) is 0.576. The summed E-state index contributed by atoms with van der Waals surface area (Å²) in [5.74, 6) is 0. The Morgan fingerprint density at radius 1 is 1.12 bits per heavy atom. The number of benzene rings is 1. The van der Waals surface area contributed by atoms with Crippen molar-refractivity contribution in [1.29, 1.82) is 0 Å². The Kier molecular flexibility index (Phi) is 3.63. The summed E-state index contributed by atoms with van der Waals surface area (Å²) in [7, 11) is 0. The Morgan fingerprint density at radius 3 is 2.67 bits per heavy atom. The van der Waals surface area contributed by atoms with Gasteiger partial charge in [-0.25, -0.2) is 9.50 Å². The second kappa shape index (κ2) is 5.58. The minimum Gasteiger partial charge on any atom is -0.233 e. The van der Waals surface area contributed by atoms with Crippen molar-refractivity contribution in [2.24, 2.45) is 0 Å². The first-order valence-corrected chi connectivity index (χ1v) is 8.47. The van der Waals surface area contributed by atoms with Crippen molar-refractivity contribution in [3.8, 4) is 11.1 Å². The van der Waals surface area contributed by atoms with E-state index in [1.165, 1.54) is 6.20 Å². The monoisotopic (exact) mass is 395 g/mol. The fourth-order valence-electron chi connectivity index (χ4n) is 3.29. The molecule has 4 rings (SSSR count). The SMILES string of the molecule is FC(F)(F)c1c2c(nc3c(-c4cccc(Br)c4)cnn13)CCCC2. The van der Waals surface area contributed by atoms with Crippen molar-refractivity contribution in [1.82, 2.24) is 14.6 Å². The van der Waals surface area contributed by atoms with E-state index in [2.05, 4.69) is 26.0 Å². The first kappa shape index (κ1) is 15.6. The van der Waals surface area contributed by atoms with Crippen LogP contribution < -0.4 is 0 Å². The van der Waals surface area contributed by atoms with E-state index in [0.29, 0.717) is 29.7 Å². The van der Waals surface area contributed by atoms with E-state index in [1.54, 1.807) is 0 Å². The molecule has 1 aromatic carbocycles. The molecule has 24 heavy (non-hydrogen) atoms. The maximum absolute atomic E-state index is 13.7. The van der Waals surface area contributed by atoms with Gasteiger partial charge in [0.15, 0.2) is 11.3 Å². The van der Waals surface area contributed by atoms with Crippen LogP contribution >= 0.6 is 15.9 Å². The Bertz CT molecular complexity index is 931. The lowest BCUT2D eigenvalue weighted by atomic mass is 9.94. The predicted molar refractivity (Wildman–Crippen MR) is 87.8 cm³/mol. The molecule has 2 aromatic heterocycles. The van der Waals surface area contributed by atoms with Crippen molar-refractivity contribution in [3.05, 3.63) is 51.9 Å². The second-order valence-electron chi connectivity index (χ2n) is 5.89. The molecule has 0 radical (unpaired) electrons. The zero-order valence-corrected chi connectivity index (χ0v) is 14.2. The standard InChI is InChI=1S/C17H13BrF3N3/c18-11-5-3-4-10(8-11)13-9-22-24-15(17(19,20)21)12-6-1-2-7-14(12)23-16(13)24/h3-5,8-9H,1-2,6-7H2. The van der Waals surface area contributed by atoms with Gasteiger partial charge >= 0.3 is 6.18 Å². The van der Waals surface area contributed by atoms with E-state index >= 15 is 0 Å². The van der Waals surface area contributed by atoms with E-state index in [4.69, 9.17) is 0 Å². The Hall–Kier alpha value is -1.89. The summed E-state index contributed by atoms with van der Waals surface area (Å²) in [5.41, 5.74) is 1.83. The van der Waals surface area contributed by atoms with Crippen LogP contribution in [0.4, 0.5) is 13.2 Å². The summed E-state index contributed by atoms with van der Waals surface area (Å²) in [5, 5.41) is 4.02. The third-order valence-electron chi connectivity index (χ3n) is 4.33. The maximum atomic E-state index is 13.7. The highest BCUT2D eigenvalue weighted by atomic mass is 79.9. The molecule has 0 saturated carbocycles. The Balaban J connectivity index is 2.04. The normalized spacial score (nSPS) is 14.8. The van der Waals surface area contributed by atoms with Crippen LogP contribution in [0.5, 0.6) is 0 Å². The van der Waals surface area contributed by atoms with Crippen molar-refractivity contribution < 1.29 is 13.2 Å². The van der Waals surface area contributed by atoms with Gasteiger partial charge in [-0.15, -0.1) is 0 Å². The number of alkyl halides is 3. The van der Waals surface area contributed by atoms with Gasteiger partial charge < -0.3 is 0 Å². The molecular formula is C17H13BrF3N3. The number of halogens is 4. The molecular weight excluding hydrogens is 383 g/mol. The molecule has 0 bridgehead atoms. The summed E-state index contributed by atoms with van der Waals surface area (Å²) in [6.07, 6.45) is -0.387. The largest absolute Gasteiger partial charge is 0.433 e. The number of aryl methyl sites for hydroxylation is 1. The van der Waals surface area contributed by atoms with Crippen LogP contribution in [0.15, 0.2) is 34.9 Å². The molecule has 3 aromatic rings. The molecule has 0 spiro atoms. The molecule has 1 aliphatic rings. The highest BCUT2D eigenvalue weighted by molar-refractivity contribution is 9.10. The summed E-state index contributed by atoms with van der Waals surface area (Å²) < 4.78 is 42.9. The molecule has 0 atom stereocenters. The van der Waals surface area contributed by atoms with E-state index in [9.17, 15) is 13.2 Å². The summed E-state index contributed by atoms with van der Waals surface area (Å²) in [4.78, 5) is 4.54. The van der Waals surface area contributed by atoms with Crippen LogP contribution in [0, 0.1) is 0 Å². The molecule has 0 unspecified atom stereocenters. The van der Waals surface area contributed by atoms with Gasteiger partial charge in [0, 0.05) is 21.3 Å². The van der Waals surface area contributed by atoms with E-state index in [0.717, 1.165) is 27.4 Å². The van der Waals surface area contributed by atoms with Gasteiger partial charge in [0.1, 0.15) is 0 Å². The maximum Gasteiger partial charge on any atom is 0.433 e. The minimum atomic E-state index is -4.46. The number of hydrogen-bond donors (Lipinski definition) is 0. The van der Waals surface area contributed by atoms with E-state index in [-0.39, 0.29) is 5.65 Å². The molecule has 1 aliphatic carbocycles. The van der Waals surface area contributed by atoms with Crippen LogP contribution in [0.3, 0.4) is 0 Å². The molecule has 0 saturated heterocycles. The van der Waals surface area contributed by atoms with Gasteiger partial charge in [0.2, 0.25) is 0 Å². The van der Waals surface area contributed by atoms with Gasteiger partial charge in [-0.2, -0.15) is 18.3 Å². The first-order valence-electron chi connectivity index (χ1n) is 7.68. The fourth-order valence-corrected chi connectivity index (χ4v) is 3.69. The molecule has 124 valence electrons. The van der Waals surface area contributed by atoms with Crippen LogP contribution in [0.25, 0.3) is 16.8 Å². The van der Waals surface area contributed by atoms with Crippen molar-refractivity contribution in [3.63, 3.8) is 0 Å². The van der Waals surface area contributed by atoms with Gasteiger partial charge in [0.05, 0.1) is 6.20 Å². The van der Waals surface area contributed by atoms with Gasteiger partial charge in [-0.05, 0) is 43.4 Å². The number of hydrogen-bond acceptors (Lipinski definition) is 2. The number of fused-ring (bicyclic) bond motifs is 2. The van der Waals surface area contributed by atoms with Crippen molar-refractivity contribution in [2.75, 3.05) is 0 Å². The summed E-state index contributed by atoms with van der Waals surface area (Å²) in [6.45, 7) is 0. The van der Waals surface area contributed by atoms with Crippen molar-refractivity contribution >= 4 is 21.6 Å². The van der Waals surface area contributed by atoms with Crippen LogP contribution in [0.1, 0.15) is 29.8 Å². The van der Waals surface area contributed by atoms with Crippen molar-refractivity contribution in [2.45, 2.75) is 31.9 Å². The molecule has 3 nitrogen and oxygen atoms in total. The smallest absolute Gasteiger partial charge is 0.233 e. The van der Waals surface area contributed by atoms with Gasteiger partial charge in [0.25, 0.3) is 0 Å². The number of aromatic nitrogens is 3. The predicted octanol–water partition coefficient (Wildman–Crippen LogP) is 5.06. The third-order valence-corrected chi connectivity index (χ3v) is 4.82. The van der Waals surface area contributed by atoms with E-state index in [1.807, 2.05) is 24.3 Å². The molecule has 0 N–H and O–H groups in total. The molecule has 2 heterocycles. The summed E-state index contributed by atoms with van der Waals surface area (Å²) in [6, 6.07) is 7.40. The highest BCUT2D eigenvalue weighted by Gasteiger charge is 2.39. The topological polar surface area (TPSA) is 30.2 Å². The zero-order valence-electron chi connectivity index (χ0n) is 12.6. The average Bonchev–Trinajstić information content (AvgIpc) is 2.94. The first-order chi connectivity index (χ1) is 11.4. The molecule has 0 aliphatic heterocycles. The minimum absolute atomic E-state index is 0.265. The van der Waals surface area contributed by atoms with Crippen LogP contribution in [-0.2, 0) is 19.0 Å². The van der Waals surface area contributed by atoms with Gasteiger partial charge in [-0.3, -0.25) is 0 Å². The number of nitrogens with zero attached hydrogens (tertiary/aromatic N) is 3. The van der Waals surface area contributed by atoms with Gasteiger partial charge in [-0.1, -0.05) is 28.1 Å². The lowest BCUT2D eigenvalue weighted by Gasteiger charge is -2.21. The van der Waals surface area contributed by atoms with Crippen LogP contribution in [0.2, 0.25) is 0 Å². The Morgan fingerprint density at radius 2 is 1.92 bits per heavy atom. The zero-order chi connectivity index (χ0) is 16.9. The lowest BCUT2D eigenvalue weighted by Crippen LogP contribution is -2.21. The Labute approximate surface area is 144 Å². The number of rotatable bonds is 1. The highest BCUT2D eigenvalue weighted by Crippen LogP contribution is 2.38.